The van der Waals surface area contributed by atoms with E-state index < -0.39 is 0 Å². The predicted octanol–water partition coefficient (Wildman–Crippen LogP) is 1.62. The van der Waals surface area contributed by atoms with Crippen molar-refractivity contribution in [3.63, 3.8) is 0 Å². The molecule has 0 amide bonds. The van der Waals surface area contributed by atoms with Gasteiger partial charge in [0.25, 0.3) is 0 Å². The fourth-order valence-corrected chi connectivity index (χ4v) is 0.386. The minimum absolute atomic E-state index is 0.808. The highest BCUT2D eigenvalue weighted by Gasteiger charge is 1.82. The van der Waals surface area contributed by atoms with Crippen molar-refractivity contribution in [1.29, 1.82) is 0 Å². The molecule has 0 bridgehead atoms. The molecule has 0 aliphatic heterocycles. The average Bonchev–Trinajstić information content (AvgIpc) is 1.85. The molecule has 0 aromatic carbocycles. The third-order valence-electron chi connectivity index (χ3n) is 0.730. The lowest BCUT2D eigenvalue weighted by atomic mass is 10.5. The van der Waals surface area contributed by atoms with E-state index in [0.29, 0.717) is 0 Å². The van der Waals surface area contributed by atoms with Crippen molar-refractivity contribution in [1.82, 2.24) is 5.48 Å². The van der Waals surface area contributed by atoms with E-state index in [0.717, 1.165) is 12.3 Å². The molecular formula is C7H13NO. The van der Waals surface area contributed by atoms with Crippen molar-refractivity contribution < 1.29 is 4.84 Å². The summed E-state index contributed by atoms with van der Waals surface area (Å²) in [5.74, 6) is 0.826. The molecule has 0 heterocycles. The van der Waals surface area contributed by atoms with Crippen molar-refractivity contribution in [3.8, 4) is 0 Å². The summed E-state index contributed by atoms with van der Waals surface area (Å²) in [7, 11) is 0. The third kappa shape index (κ3) is 5.11. The Morgan fingerprint density at radius 1 is 1.78 bits per heavy atom. The van der Waals surface area contributed by atoms with Crippen molar-refractivity contribution in [2.45, 2.75) is 13.8 Å². The molecule has 0 saturated heterocycles. The molecule has 2 nitrogen and oxygen atoms in total. The van der Waals surface area contributed by atoms with Gasteiger partial charge in [-0.3, -0.25) is 0 Å². The normalized spacial score (nSPS) is 11.1. The summed E-state index contributed by atoms with van der Waals surface area (Å²) < 4.78 is 0. The van der Waals surface area contributed by atoms with E-state index in [2.05, 4.69) is 12.1 Å². The predicted molar refractivity (Wildman–Crippen MR) is 38.7 cm³/mol. The smallest absolute Gasteiger partial charge is 0.121 e. The Balaban J connectivity index is 3.36. The summed E-state index contributed by atoms with van der Waals surface area (Å²) in [5, 5.41) is 0. The van der Waals surface area contributed by atoms with Gasteiger partial charge in [0.15, 0.2) is 0 Å². The van der Waals surface area contributed by atoms with Crippen LogP contribution >= 0.6 is 0 Å². The number of allylic oxidation sites excluding steroid dienone is 3. The van der Waals surface area contributed by atoms with Crippen LogP contribution in [0.2, 0.25) is 0 Å². The summed E-state index contributed by atoms with van der Waals surface area (Å²) in [6, 6.07) is 0. The van der Waals surface area contributed by atoms with Gasteiger partial charge < -0.3 is 4.84 Å². The highest BCUT2D eigenvalue weighted by Crippen LogP contribution is 1.90. The molecule has 0 fully saturated rings. The van der Waals surface area contributed by atoms with Crippen molar-refractivity contribution in [2.75, 3.05) is 6.54 Å². The summed E-state index contributed by atoms with van der Waals surface area (Å²) in [6.45, 7) is 8.17. The topological polar surface area (TPSA) is 21.3 Å². The maximum Gasteiger partial charge on any atom is 0.121 e. The van der Waals surface area contributed by atoms with E-state index in [1.807, 2.05) is 13.8 Å². The summed E-state index contributed by atoms with van der Waals surface area (Å²) in [4.78, 5) is 4.97. The molecule has 2 heteroatoms. The van der Waals surface area contributed by atoms with Crippen molar-refractivity contribution in [3.05, 3.63) is 24.5 Å². The number of hydrogen-bond donors (Lipinski definition) is 1. The molecule has 9 heavy (non-hydrogen) atoms. The standard InChI is InChI=1S/C7H13NO/c1-4-6-7(3)9-8-5-2/h4,6,8H,1,5H2,2-3H3/b7-6+. The molecular weight excluding hydrogens is 114 g/mol. The molecule has 0 aromatic heterocycles. The largest absolute Gasteiger partial charge is 0.414 e. The van der Waals surface area contributed by atoms with Crippen LogP contribution in [0.15, 0.2) is 24.5 Å². The van der Waals surface area contributed by atoms with Crippen LogP contribution in [0.1, 0.15) is 13.8 Å². The fourth-order valence-electron chi connectivity index (χ4n) is 0.386. The van der Waals surface area contributed by atoms with Gasteiger partial charge in [0.1, 0.15) is 5.76 Å². The van der Waals surface area contributed by atoms with E-state index in [9.17, 15) is 0 Å². The zero-order valence-electron chi connectivity index (χ0n) is 5.98. The van der Waals surface area contributed by atoms with Gasteiger partial charge in [0, 0.05) is 6.54 Å². The first-order valence-electron chi connectivity index (χ1n) is 3.00. The first-order chi connectivity index (χ1) is 4.31. The molecule has 0 atom stereocenters. The lowest BCUT2D eigenvalue weighted by Crippen LogP contribution is -2.11. The van der Waals surface area contributed by atoms with Crippen molar-refractivity contribution in [2.24, 2.45) is 0 Å². The summed E-state index contributed by atoms with van der Waals surface area (Å²) >= 11 is 0. The second-order valence-electron chi connectivity index (χ2n) is 1.61. The van der Waals surface area contributed by atoms with Crippen molar-refractivity contribution >= 4 is 0 Å². The number of hydrogen-bond acceptors (Lipinski definition) is 2. The molecule has 0 radical (unpaired) electrons. The minimum Gasteiger partial charge on any atom is -0.414 e. The van der Waals surface area contributed by atoms with E-state index in [-0.39, 0.29) is 0 Å². The van der Waals surface area contributed by atoms with Crippen LogP contribution in [0.4, 0.5) is 0 Å². The highest BCUT2D eigenvalue weighted by molar-refractivity contribution is 5.01. The zero-order valence-corrected chi connectivity index (χ0v) is 5.98. The first-order valence-corrected chi connectivity index (χ1v) is 3.00. The van der Waals surface area contributed by atoms with E-state index >= 15 is 0 Å². The molecule has 1 N–H and O–H groups in total. The van der Waals surface area contributed by atoms with E-state index in [1.165, 1.54) is 0 Å². The number of hydroxylamine groups is 1. The summed E-state index contributed by atoms with van der Waals surface area (Å²) in [6.07, 6.45) is 3.48. The Bertz CT molecular complexity index is 107. The Kier molecular flexibility index (Phi) is 4.92. The highest BCUT2D eigenvalue weighted by atomic mass is 16.6. The Morgan fingerprint density at radius 3 is 2.89 bits per heavy atom. The minimum atomic E-state index is 0.808. The van der Waals surface area contributed by atoms with Gasteiger partial charge in [-0.15, -0.1) is 0 Å². The van der Waals surface area contributed by atoms with Crippen LogP contribution in [-0.4, -0.2) is 6.54 Å². The fraction of sp³-hybridized carbons (Fsp3) is 0.429. The van der Waals surface area contributed by atoms with Gasteiger partial charge in [-0.25, -0.2) is 0 Å². The Labute approximate surface area is 56.2 Å². The van der Waals surface area contributed by atoms with Gasteiger partial charge >= 0.3 is 0 Å². The van der Waals surface area contributed by atoms with Gasteiger partial charge in [-0.2, -0.15) is 5.48 Å². The molecule has 0 spiro atoms. The van der Waals surface area contributed by atoms with Crippen LogP contribution in [0.25, 0.3) is 0 Å². The molecule has 0 aromatic rings. The second kappa shape index (κ2) is 5.38. The lowest BCUT2D eigenvalue weighted by molar-refractivity contribution is 0.111. The van der Waals surface area contributed by atoms with E-state index in [4.69, 9.17) is 4.84 Å². The van der Waals surface area contributed by atoms with Crippen LogP contribution in [0.3, 0.4) is 0 Å². The van der Waals surface area contributed by atoms with Gasteiger partial charge in [-0.1, -0.05) is 12.7 Å². The van der Waals surface area contributed by atoms with E-state index in [1.54, 1.807) is 12.2 Å². The lowest BCUT2D eigenvalue weighted by Gasteiger charge is -2.02. The van der Waals surface area contributed by atoms with Gasteiger partial charge in [0.2, 0.25) is 0 Å². The SMILES string of the molecule is C=C/C=C(\C)ONCC. The van der Waals surface area contributed by atoms with Crippen LogP contribution in [0.5, 0.6) is 0 Å². The van der Waals surface area contributed by atoms with Crippen LogP contribution < -0.4 is 5.48 Å². The van der Waals surface area contributed by atoms with Crippen LogP contribution in [0, 0.1) is 0 Å². The van der Waals surface area contributed by atoms with Gasteiger partial charge in [0.05, 0.1) is 0 Å². The molecule has 0 aliphatic rings. The quantitative estimate of drug-likeness (QED) is 0.352. The summed E-state index contributed by atoms with van der Waals surface area (Å²) in [5.41, 5.74) is 2.72. The number of rotatable bonds is 4. The molecule has 0 unspecified atom stereocenters. The maximum atomic E-state index is 4.97. The zero-order chi connectivity index (χ0) is 7.11. The Morgan fingerprint density at radius 2 is 2.44 bits per heavy atom. The molecule has 0 aliphatic carbocycles. The Hall–Kier alpha value is -0.760. The number of nitrogens with one attached hydrogen (secondary N) is 1. The van der Waals surface area contributed by atoms with Crippen LogP contribution in [-0.2, 0) is 4.84 Å². The molecule has 0 saturated carbocycles. The first kappa shape index (κ1) is 8.24. The third-order valence-corrected chi connectivity index (χ3v) is 0.730. The second-order valence-corrected chi connectivity index (χ2v) is 1.61. The molecule has 0 rings (SSSR count). The average molecular weight is 127 g/mol. The maximum absolute atomic E-state index is 4.97. The monoisotopic (exact) mass is 127 g/mol. The molecule has 52 valence electrons. The van der Waals surface area contributed by atoms with Gasteiger partial charge in [-0.05, 0) is 19.9 Å².